The normalized spacial score (nSPS) is 10.8. The van der Waals surface area contributed by atoms with Gasteiger partial charge in [0.25, 0.3) is 17.4 Å². The van der Waals surface area contributed by atoms with Gasteiger partial charge >= 0.3 is 5.69 Å². The van der Waals surface area contributed by atoms with Crippen molar-refractivity contribution in [3.63, 3.8) is 0 Å². The van der Waals surface area contributed by atoms with Gasteiger partial charge in [-0.25, -0.2) is 9.78 Å². The number of nitrogens with one attached hydrogen (secondary N) is 2. The quantitative estimate of drug-likeness (QED) is 0.518. The lowest BCUT2D eigenvalue weighted by Gasteiger charge is -2.09. The lowest BCUT2D eigenvalue weighted by molar-refractivity contribution is 0.0994. The van der Waals surface area contributed by atoms with Crippen molar-refractivity contribution in [1.29, 1.82) is 0 Å². The van der Waals surface area contributed by atoms with Gasteiger partial charge in [-0.05, 0) is 42.5 Å². The summed E-state index contributed by atoms with van der Waals surface area (Å²) in [7, 11) is 2.87. The molecule has 0 fully saturated rings. The van der Waals surface area contributed by atoms with Crippen molar-refractivity contribution in [3.8, 4) is 0 Å². The van der Waals surface area contributed by atoms with E-state index in [2.05, 4.69) is 15.6 Å². The Bertz CT molecular complexity index is 1420. The lowest BCUT2D eigenvalue weighted by atomic mass is 10.2. The van der Waals surface area contributed by atoms with Crippen LogP contribution in [0.2, 0.25) is 0 Å². The van der Waals surface area contributed by atoms with Gasteiger partial charge in [0.1, 0.15) is 5.65 Å². The van der Waals surface area contributed by atoms with Crippen LogP contribution in [0.1, 0.15) is 20.9 Å². The SMILES string of the molecule is Cn1c(=O)c2cc(C(=O)Nc3ccc(NC(=O)c4ccco4)cc3)cnc2n(C)c1=O. The smallest absolute Gasteiger partial charge is 0.332 e. The number of hydrogen-bond acceptors (Lipinski definition) is 6. The molecule has 4 aromatic rings. The third-order valence-electron chi connectivity index (χ3n) is 4.70. The van der Waals surface area contributed by atoms with Gasteiger partial charge in [0.2, 0.25) is 0 Å². The Labute approximate surface area is 174 Å². The van der Waals surface area contributed by atoms with Crippen molar-refractivity contribution >= 4 is 34.2 Å². The lowest BCUT2D eigenvalue weighted by Crippen LogP contribution is -2.37. The number of aromatic nitrogens is 3. The Balaban J connectivity index is 1.53. The van der Waals surface area contributed by atoms with E-state index in [-0.39, 0.29) is 28.3 Å². The second-order valence-electron chi connectivity index (χ2n) is 6.76. The van der Waals surface area contributed by atoms with Gasteiger partial charge in [-0.1, -0.05) is 0 Å². The van der Waals surface area contributed by atoms with Crippen LogP contribution in [-0.4, -0.2) is 25.9 Å². The summed E-state index contributed by atoms with van der Waals surface area (Å²) in [6.45, 7) is 0. The van der Waals surface area contributed by atoms with E-state index in [4.69, 9.17) is 4.42 Å². The number of benzene rings is 1. The van der Waals surface area contributed by atoms with E-state index in [0.717, 1.165) is 4.57 Å². The molecule has 0 aliphatic rings. The van der Waals surface area contributed by atoms with E-state index in [1.165, 1.54) is 37.2 Å². The van der Waals surface area contributed by atoms with Gasteiger partial charge in [-0.3, -0.25) is 23.5 Å². The number of carbonyl (C=O) groups excluding carboxylic acids is 2. The van der Waals surface area contributed by atoms with Gasteiger partial charge in [0.05, 0.1) is 17.2 Å². The summed E-state index contributed by atoms with van der Waals surface area (Å²) in [5, 5.41) is 5.54. The molecule has 0 aliphatic carbocycles. The minimum absolute atomic E-state index is 0.160. The second kappa shape index (κ2) is 7.75. The zero-order valence-electron chi connectivity index (χ0n) is 16.6. The number of pyridine rings is 1. The molecule has 0 atom stereocenters. The average Bonchev–Trinajstić information content (AvgIpc) is 3.32. The summed E-state index contributed by atoms with van der Waals surface area (Å²) < 4.78 is 7.24. The zero-order chi connectivity index (χ0) is 22.1. The van der Waals surface area contributed by atoms with Gasteiger partial charge in [-0.2, -0.15) is 0 Å². The van der Waals surface area contributed by atoms with E-state index in [9.17, 15) is 19.2 Å². The first-order chi connectivity index (χ1) is 14.8. The molecule has 0 unspecified atom stereocenters. The highest BCUT2D eigenvalue weighted by molar-refractivity contribution is 6.06. The van der Waals surface area contributed by atoms with Crippen LogP contribution in [0.25, 0.3) is 11.0 Å². The van der Waals surface area contributed by atoms with Crippen molar-refractivity contribution in [2.24, 2.45) is 14.1 Å². The summed E-state index contributed by atoms with van der Waals surface area (Å²) in [5.74, 6) is -0.678. The van der Waals surface area contributed by atoms with Gasteiger partial charge in [0, 0.05) is 31.7 Å². The highest BCUT2D eigenvalue weighted by atomic mass is 16.3. The fraction of sp³-hybridized carbons (Fsp3) is 0.0952. The summed E-state index contributed by atoms with van der Waals surface area (Å²) in [6, 6.07) is 11.1. The predicted molar refractivity (Wildman–Crippen MR) is 113 cm³/mol. The average molecular weight is 419 g/mol. The van der Waals surface area contributed by atoms with Crippen LogP contribution < -0.4 is 21.9 Å². The van der Waals surface area contributed by atoms with Crippen LogP contribution >= 0.6 is 0 Å². The molecule has 3 aromatic heterocycles. The standard InChI is InChI=1S/C21H17N5O5/c1-25-17-15(20(29)26(2)21(25)30)10-12(11-22-17)18(27)23-13-5-7-14(8-6-13)24-19(28)16-4-3-9-31-16/h3-11H,1-2H3,(H,23,27)(H,24,28). The van der Waals surface area contributed by atoms with Crippen molar-refractivity contribution in [1.82, 2.24) is 14.1 Å². The molecule has 0 radical (unpaired) electrons. The first-order valence-electron chi connectivity index (χ1n) is 9.17. The molecule has 0 spiro atoms. The number of anilines is 2. The highest BCUT2D eigenvalue weighted by Gasteiger charge is 2.14. The predicted octanol–water partition coefficient (Wildman–Crippen LogP) is 1.73. The molecule has 3 heterocycles. The molecule has 1 aromatic carbocycles. The number of fused-ring (bicyclic) bond motifs is 1. The topological polar surface area (TPSA) is 128 Å². The second-order valence-corrected chi connectivity index (χ2v) is 6.76. The molecule has 31 heavy (non-hydrogen) atoms. The first-order valence-corrected chi connectivity index (χ1v) is 9.17. The third-order valence-corrected chi connectivity index (χ3v) is 4.70. The number of aryl methyl sites for hydroxylation is 1. The molecule has 4 rings (SSSR count). The molecule has 0 aliphatic heterocycles. The number of rotatable bonds is 4. The van der Waals surface area contributed by atoms with E-state index in [0.29, 0.717) is 11.4 Å². The Morgan fingerprint density at radius 3 is 2.19 bits per heavy atom. The summed E-state index contributed by atoms with van der Waals surface area (Å²) in [6.07, 6.45) is 2.71. The fourth-order valence-electron chi connectivity index (χ4n) is 3.03. The molecule has 2 N–H and O–H groups in total. The molecule has 2 amide bonds. The van der Waals surface area contributed by atoms with Crippen molar-refractivity contribution in [3.05, 3.63) is 87.1 Å². The Hall–Kier alpha value is -4.47. The van der Waals surface area contributed by atoms with Crippen LogP contribution in [0.4, 0.5) is 11.4 Å². The minimum atomic E-state index is -0.531. The number of furan rings is 1. The highest BCUT2D eigenvalue weighted by Crippen LogP contribution is 2.16. The summed E-state index contributed by atoms with van der Waals surface area (Å²) in [4.78, 5) is 53.1. The number of nitrogens with zero attached hydrogens (tertiary/aromatic N) is 3. The van der Waals surface area contributed by atoms with E-state index in [1.807, 2.05) is 0 Å². The van der Waals surface area contributed by atoms with E-state index in [1.54, 1.807) is 36.4 Å². The van der Waals surface area contributed by atoms with Crippen LogP contribution in [0, 0.1) is 0 Å². The Morgan fingerprint density at radius 1 is 0.935 bits per heavy atom. The molecule has 0 saturated carbocycles. The number of amides is 2. The van der Waals surface area contributed by atoms with Crippen LogP contribution in [0.5, 0.6) is 0 Å². The largest absolute Gasteiger partial charge is 0.459 e. The maximum atomic E-state index is 12.6. The van der Waals surface area contributed by atoms with Crippen LogP contribution in [0.3, 0.4) is 0 Å². The van der Waals surface area contributed by atoms with Crippen molar-refractivity contribution in [2.75, 3.05) is 10.6 Å². The van der Waals surface area contributed by atoms with Gasteiger partial charge in [0.15, 0.2) is 5.76 Å². The number of carbonyl (C=O) groups is 2. The summed E-state index contributed by atoms with van der Waals surface area (Å²) in [5.41, 5.74) is 0.337. The summed E-state index contributed by atoms with van der Waals surface area (Å²) >= 11 is 0. The Kier molecular flexibility index (Phi) is 4.96. The molecule has 0 bridgehead atoms. The molecule has 0 saturated heterocycles. The molecule has 10 heteroatoms. The maximum absolute atomic E-state index is 12.6. The van der Waals surface area contributed by atoms with Crippen molar-refractivity contribution in [2.45, 2.75) is 0 Å². The monoisotopic (exact) mass is 419 g/mol. The first kappa shape index (κ1) is 19.8. The fourth-order valence-corrected chi connectivity index (χ4v) is 3.03. The van der Waals surface area contributed by atoms with E-state index >= 15 is 0 Å². The van der Waals surface area contributed by atoms with Crippen LogP contribution in [-0.2, 0) is 14.1 Å². The minimum Gasteiger partial charge on any atom is -0.459 e. The number of hydrogen-bond donors (Lipinski definition) is 2. The van der Waals surface area contributed by atoms with Gasteiger partial charge < -0.3 is 15.1 Å². The van der Waals surface area contributed by atoms with Crippen molar-refractivity contribution < 1.29 is 14.0 Å². The molecule has 156 valence electrons. The van der Waals surface area contributed by atoms with Gasteiger partial charge in [-0.15, -0.1) is 0 Å². The van der Waals surface area contributed by atoms with E-state index < -0.39 is 17.2 Å². The molecular formula is C21H17N5O5. The van der Waals surface area contributed by atoms with Crippen LogP contribution in [0.15, 0.2) is 68.9 Å². The zero-order valence-corrected chi connectivity index (χ0v) is 16.6. The third kappa shape index (κ3) is 3.73. The Morgan fingerprint density at radius 2 is 1.58 bits per heavy atom. The molecular weight excluding hydrogens is 402 g/mol. The maximum Gasteiger partial charge on any atom is 0.332 e. The molecule has 10 nitrogen and oxygen atoms in total.